The van der Waals surface area contributed by atoms with E-state index in [-0.39, 0.29) is 0 Å². The summed E-state index contributed by atoms with van der Waals surface area (Å²) < 4.78 is 0. The quantitative estimate of drug-likeness (QED) is 0.771. The molecule has 0 unspecified atom stereocenters. The van der Waals surface area contributed by atoms with E-state index in [0.717, 1.165) is 43.6 Å². The van der Waals surface area contributed by atoms with Gasteiger partial charge in [0, 0.05) is 57.1 Å². The maximum absolute atomic E-state index is 4.59. The van der Waals surface area contributed by atoms with Gasteiger partial charge in [-0.2, -0.15) is 0 Å². The van der Waals surface area contributed by atoms with E-state index in [9.17, 15) is 0 Å². The summed E-state index contributed by atoms with van der Waals surface area (Å²) in [4.78, 5) is 7.51. The summed E-state index contributed by atoms with van der Waals surface area (Å²) in [6, 6.07) is 11.1. The van der Waals surface area contributed by atoms with Crippen molar-refractivity contribution < 1.29 is 0 Å². The molecule has 2 aliphatic heterocycles. The third-order valence-corrected chi connectivity index (χ3v) is 6.77. The van der Waals surface area contributed by atoms with Gasteiger partial charge in [-0.25, -0.2) is 0 Å². The molecule has 3 fully saturated rings. The summed E-state index contributed by atoms with van der Waals surface area (Å²) >= 11 is 0. The molecule has 5 nitrogen and oxygen atoms in total. The van der Waals surface area contributed by atoms with E-state index in [4.69, 9.17) is 0 Å². The van der Waals surface area contributed by atoms with Crippen LogP contribution >= 0.6 is 0 Å². The molecular weight excluding hydrogens is 358 g/mol. The second kappa shape index (κ2) is 8.31. The van der Waals surface area contributed by atoms with Crippen LogP contribution < -0.4 is 9.80 Å². The third kappa shape index (κ3) is 4.40. The van der Waals surface area contributed by atoms with Crippen LogP contribution in [0.4, 0.5) is 11.5 Å². The van der Waals surface area contributed by atoms with E-state index >= 15 is 0 Å². The van der Waals surface area contributed by atoms with E-state index < -0.39 is 0 Å². The Hall–Kier alpha value is -2.14. The van der Waals surface area contributed by atoms with E-state index in [0.29, 0.717) is 0 Å². The van der Waals surface area contributed by atoms with Crippen molar-refractivity contribution in [3.63, 3.8) is 0 Å². The summed E-state index contributed by atoms with van der Waals surface area (Å²) in [5, 5.41) is 9.16. The lowest BCUT2D eigenvalue weighted by molar-refractivity contribution is 0.247. The first-order chi connectivity index (χ1) is 14.3. The van der Waals surface area contributed by atoms with Crippen LogP contribution in [0.25, 0.3) is 11.3 Å². The zero-order chi connectivity index (χ0) is 19.6. The zero-order valence-electron chi connectivity index (χ0n) is 17.7. The molecule has 1 saturated carbocycles. The minimum atomic E-state index is 0.976. The van der Waals surface area contributed by atoms with Crippen molar-refractivity contribution in [2.24, 2.45) is 5.92 Å². The van der Waals surface area contributed by atoms with Crippen molar-refractivity contribution >= 4 is 11.5 Å². The van der Waals surface area contributed by atoms with Gasteiger partial charge in [0.1, 0.15) is 0 Å². The summed E-state index contributed by atoms with van der Waals surface area (Å²) in [6.07, 6.45) is 6.85. The van der Waals surface area contributed by atoms with Crippen molar-refractivity contribution in [3.05, 3.63) is 35.9 Å². The van der Waals surface area contributed by atoms with Crippen LogP contribution in [0, 0.1) is 12.8 Å². The number of benzene rings is 1. The molecule has 154 valence electrons. The lowest BCUT2D eigenvalue weighted by Crippen LogP contribution is -2.47. The van der Waals surface area contributed by atoms with Crippen molar-refractivity contribution in [2.45, 2.75) is 39.0 Å². The smallest absolute Gasteiger partial charge is 0.151 e. The van der Waals surface area contributed by atoms with Gasteiger partial charge >= 0.3 is 0 Å². The molecule has 0 amide bonds. The topological polar surface area (TPSA) is 35.5 Å². The highest BCUT2D eigenvalue weighted by atomic mass is 15.3. The van der Waals surface area contributed by atoms with Crippen molar-refractivity contribution in [1.82, 2.24) is 15.1 Å². The number of anilines is 2. The summed E-state index contributed by atoms with van der Waals surface area (Å²) in [5.41, 5.74) is 4.80. The number of rotatable bonds is 5. The predicted molar refractivity (Wildman–Crippen MR) is 120 cm³/mol. The zero-order valence-corrected chi connectivity index (χ0v) is 17.7. The monoisotopic (exact) mass is 391 g/mol. The fraction of sp³-hybridized carbons (Fsp3) is 0.583. The Morgan fingerprint density at radius 1 is 0.828 bits per heavy atom. The molecule has 5 heteroatoms. The number of piperidine rings is 1. The number of piperazine rings is 1. The summed E-state index contributed by atoms with van der Waals surface area (Å²) in [7, 11) is 0. The van der Waals surface area contributed by atoms with Gasteiger partial charge in [-0.05, 0) is 74.8 Å². The third-order valence-electron chi connectivity index (χ3n) is 6.77. The van der Waals surface area contributed by atoms with Gasteiger partial charge in [0.15, 0.2) is 5.82 Å². The van der Waals surface area contributed by atoms with Gasteiger partial charge in [0.2, 0.25) is 0 Å². The van der Waals surface area contributed by atoms with Gasteiger partial charge in [-0.15, -0.1) is 10.2 Å². The lowest BCUT2D eigenvalue weighted by Gasteiger charge is -2.35. The van der Waals surface area contributed by atoms with Gasteiger partial charge in [0.05, 0.1) is 5.69 Å². The van der Waals surface area contributed by atoms with Crippen LogP contribution in [0.1, 0.15) is 37.7 Å². The Morgan fingerprint density at radius 2 is 1.62 bits per heavy atom. The van der Waals surface area contributed by atoms with Crippen molar-refractivity contribution in [3.8, 4) is 11.3 Å². The van der Waals surface area contributed by atoms with Crippen LogP contribution in [0.3, 0.4) is 0 Å². The first kappa shape index (κ1) is 18.9. The molecule has 0 radical (unpaired) electrons. The Bertz CT molecular complexity index is 816. The molecule has 0 N–H and O–H groups in total. The molecule has 0 bridgehead atoms. The second-order valence-corrected chi connectivity index (χ2v) is 9.05. The maximum Gasteiger partial charge on any atom is 0.151 e. The molecule has 1 aromatic carbocycles. The lowest BCUT2D eigenvalue weighted by atomic mass is 10.0. The first-order valence-corrected chi connectivity index (χ1v) is 11.4. The molecule has 3 aliphatic rings. The fourth-order valence-corrected chi connectivity index (χ4v) is 4.75. The van der Waals surface area contributed by atoms with Crippen LogP contribution in [0.2, 0.25) is 0 Å². The van der Waals surface area contributed by atoms with E-state index in [1.54, 1.807) is 0 Å². The molecule has 0 atom stereocenters. The fourth-order valence-electron chi connectivity index (χ4n) is 4.75. The average Bonchev–Trinajstić information content (AvgIpc) is 3.59. The van der Waals surface area contributed by atoms with Crippen LogP contribution in [-0.2, 0) is 0 Å². The molecule has 2 aromatic rings. The molecule has 0 spiro atoms. The van der Waals surface area contributed by atoms with Crippen molar-refractivity contribution in [1.29, 1.82) is 0 Å². The van der Waals surface area contributed by atoms with Crippen molar-refractivity contribution in [2.75, 3.05) is 55.6 Å². The van der Waals surface area contributed by atoms with Crippen LogP contribution in [0.5, 0.6) is 0 Å². The highest BCUT2D eigenvalue weighted by Gasteiger charge is 2.26. The number of nitrogens with zero attached hydrogens (tertiary/aromatic N) is 5. The van der Waals surface area contributed by atoms with Gasteiger partial charge in [-0.3, -0.25) is 4.90 Å². The van der Waals surface area contributed by atoms with E-state index in [1.807, 2.05) is 0 Å². The Balaban J connectivity index is 1.24. The molecule has 2 saturated heterocycles. The molecular formula is C24H33N5. The Labute approximate surface area is 174 Å². The van der Waals surface area contributed by atoms with Crippen LogP contribution in [0.15, 0.2) is 30.3 Å². The highest BCUT2D eigenvalue weighted by Crippen LogP contribution is 2.31. The summed E-state index contributed by atoms with van der Waals surface area (Å²) in [6.45, 7) is 10.3. The van der Waals surface area contributed by atoms with Gasteiger partial charge in [0.25, 0.3) is 0 Å². The standard InChI is InChI=1S/C24H33N5/c1-19-17-21(28-11-3-2-4-12-28)7-8-22(19)23-9-10-24(26-25-23)29-15-13-27(14-16-29)18-20-5-6-20/h7-10,17,20H,2-6,11-16,18H2,1H3. The van der Waals surface area contributed by atoms with E-state index in [2.05, 4.69) is 62.2 Å². The average molecular weight is 392 g/mol. The van der Waals surface area contributed by atoms with Gasteiger partial charge < -0.3 is 9.80 Å². The number of hydrogen-bond acceptors (Lipinski definition) is 5. The first-order valence-electron chi connectivity index (χ1n) is 11.4. The summed E-state index contributed by atoms with van der Waals surface area (Å²) in [5.74, 6) is 1.99. The minimum absolute atomic E-state index is 0.976. The highest BCUT2D eigenvalue weighted by molar-refractivity contribution is 5.68. The van der Waals surface area contributed by atoms with E-state index in [1.165, 1.54) is 68.6 Å². The Kier molecular flexibility index (Phi) is 5.40. The second-order valence-electron chi connectivity index (χ2n) is 9.05. The molecule has 29 heavy (non-hydrogen) atoms. The largest absolute Gasteiger partial charge is 0.372 e. The predicted octanol–water partition coefficient (Wildman–Crippen LogP) is 3.97. The molecule has 3 heterocycles. The molecule has 1 aliphatic carbocycles. The Morgan fingerprint density at radius 3 is 2.28 bits per heavy atom. The van der Waals surface area contributed by atoms with Crippen LogP contribution in [-0.4, -0.2) is 60.9 Å². The number of aryl methyl sites for hydroxylation is 1. The maximum atomic E-state index is 4.59. The molecule has 5 rings (SSSR count). The van der Waals surface area contributed by atoms with Gasteiger partial charge in [-0.1, -0.05) is 6.07 Å². The molecule has 1 aromatic heterocycles. The normalized spacial score (nSPS) is 20.9. The number of aromatic nitrogens is 2. The minimum Gasteiger partial charge on any atom is -0.372 e. The number of hydrogen-bond donors (Lipinski definition) is 0. The SMILES string of the molecule is Cc1cc(N2CCCCC2)ccc1-c1ccc(N2CCN(CC3CC3)CC2)nn1.